The Labute approximate surface area is 116 Å². The van der Waals surface area contributed by atoms with Crippen molar-refractivity contribution >= 4 is 23.9 Å². The largest absolute Gasteiger partial charge is 0.463 e. The van der Waals surface area contributed by atoms with Gasteiger partial charge in [0.05, 0.1) is 12.0 Å². The van der Waals surface area contributed by atoms with Crippen molar-refractivity contribution < 1.29 is 33.4 Å². The second kappa shape index (κ2) is 8.08. The van der Waals surface area contributed by atoms with Crippen molar-refractivity contribution in [2.45, 2.75) is 27.7 Å². The molecule has 0 fully saturated rings. The lowest BCUT2D eigenvalue weighted by Gasteiger charge is -2.14. The third-order valence-electron chi connectivity index (χ3n) is 1.79. The minimum atomic E-state index is -0.984. The first-order valence-corrected chi connectivity index (χ1v) is 5.93. The van der Waals surface area contributed by atoms with E-state index in [1.807, 2.05) is 0 Å². The fraction of sp³-hybridized carbons (Fsp3) is 0.538. The molecule has 7 nitrogen and oxygen atoms in total. The van der Waals surface area contributed by atoms with Gasteiger partial charge in [0, 0.05) is 12.2 Å². The summed E-state index contributed by atoms with van der Waals surface area (Å²) in [5, 5.41) is 0. The van der Waals surface area contributed by atoms with Crippen LogP contribution in [0.1, 0.15) is 27.7 Å². The fourth-order valence-electron chi connectivity index (χ4n) is 0.791. The van der Waals surface area contributed by atoms with Gasteiger partial charge in [0.25, 0.3) is 0 Å². The van der Waals surface area contributed by atoms with Crippen LogP contribution >= 0.6 is 0 Å². The molecule has 0 aliphatic heterocycles. The molecule has 0 N–H and O–H groups in total. The number of ether oxygens (including phenoxy) is 3. The zero-order valence-electron chi connectivity index (χ0n) is 11.9. The highest BCUT2D eigenvalue weighted by atomic mass is 16.6. The van der Waals surface area contributed by atoms with E-state index >= 15 is 0 Å². The second-order valence-electron chi connectivity index (χ2n) is 4.70. The molecule has 0 rings (SSSR count). The Balaban J connectivity index is 4.10. The van der Waals surface area contributed by atoms with Gasteiger partial charge in [0.2, 0.25) is 0 Å². The number of hydrogen-bond donors (Lipinski definition) is 0. The van der Waals surface area contributed by atoms with Gasteiger partial charge >= 0.3 is 23.9 Å². The van der Waals surface area contributed by atoms with Crippen LogP contribution in [0.4, 0.5) is 0 Å². The number of carbonyl (C=O) groups excluding carboxylic acids is 4. The van der Waals surface area contributed by atoms with Gasteiger partial charge < -0.3 is 14.2 Å². The van der Waals surface area contributed by atoms with Crippen molar-refractivity contribution in [1.29, 1.82) is 0 Å². The smallest absolute Gasteiger partial charge is 0.351 e. The average molecular weight is 286 g/mol. The molecule has 0 bridgehead atoms. The molecule has 0 aromatic rings. The van der Waals surface area contributed by atoms with Crippen LogP contribution in [0.5, 0.6) is 0 Å². The van der Waals surface area contributed by atoms with E-state index in [9.17, 15) is 19.2 Å². The molecule has 112 valence electrons. The molecule has 0 radical (unpaired) electrons. The van der Waals surface area contributed by atoms with Crippen molar-refractivity contribution in [3.63, 3.8) is 0 Å². The number of rotatable bonds is 5. The van der Waals surface area contributed by atoms with Gasteiger partial charge in [0.15, 0.2) is 6.61 Å². The van der Waals surface area contributed by atoms with E-state index in [1.165, 1.54) is 0 Å². The lowest BCUT2D eigenvalue weighted by molar-refractivity contribution is -0.170. The summed E-state index contributed by atoms with van der Waals surface area (Å²) in [4.78, 5) is 44.6. The predicted molar refractivity (Wildman–Crippen MR) is 67.3 cm³/mol. The first-order chi connectivity index (χ1) is 9.16. The highest BCUT2D eigenvalue weighted by molar-refractivity contribution is 5.93. The minimum Gasteiger partial charge on any atom is -0.463 e. The van der Waals surface area contributed by atoms with Gasteiger partial charge in [-0.25, -0.2) is 14.4 Å². The van der Waals surface area contributed by atoms with Gasteiger partial charge in [-0.05, 0) is 27.7 Å². The minimum absolute atomic E-state index is 0.180. The zero-order valence-corrected chi connectivity index (χ0v) is 11.9. The van der Waals surface area contributed by atoms with Crippen LogP contribution in [0.15, 0.2) is 12.2 Å². The molecule has 0 unspecified atom stereocenters. The Hall–Kier alpha value is -2.18. The summed E-state index contributed by atoms with van der Waals surface area (Å²) in [7, 11) is 0. The first-order valence-electron chi connectivity index (χ1n) is 5.93. The maximum Gasteiger partial charge on any atom is 0.351 e. The van der Waals surface area contributed by atoms with Gasteiger partial charge in [-0.1, -0.05) is 0 Å². The molecule has 0 amide bonds. The van der Waals surface area contributed by atoms with Gasteiger partial charge in [-0.3, -0.25) is 4.79 Å². The van der Waals surface area contributed by atoms with Gasteiger partial charge in [-0.15, -0.1) is 0 Å². The predicted octanol–water partition coefficient (Wildman–Crippen LogP) is 0.765. The van der Waals surface area contributed by atoms with Crippen LogP contribution in [-0.2, 0) is 33.4 Å². The molecule has 7 heteroatoms. The van der Waals surface area contributed by atoms with Crippen LogP contribution < -0.4 is 0 Å². The molecule has 0 atom stereocenters. The van der Waals surface area contributed by atoms with E-state index < -0.39 is 35.9 Å². The van der Waals surface area contributed by atoms with Crippen LogP contribution in [-0.4, -0.2) is 37.1 Å². The quantitative estimate of drug-likeness (QED) is 0.318. The lowest BCUT2D eigenvalue weighted by atomic mass is 9.97. The fourth-order valence-corrected chi connectivity index (χ4v) is 0.791. The summed E-state index contributed by atoms with van der Waals surface area (Å²) in [5.41, 5.74) is -0.830. The molecule has 0 saturated carbocycles. The Morgan fingerprint density at radius 2 is 1.45 bits per heavy atom. The second-order valence-corrected chi connectivity index (χ2v) is 4.70. The van der Waals surface area contributed by atoms with E-state index in [4.69, 9.17) is 0 Å². The van der Waals surface area contributed by atoms with E-state index in [-0.39, 0.29) is 6.61 Å². The Bertz CT molecular complexity index is 415. The zero-order chi connectivity index (χ0) is 15.8. The third kappa shape index (κ3) is 8.02. The first kappa shape index (κ1) is 17.8. The van der Waals surface area contributed by atoms with Gasteiger partial charge in [-0.2, -0.15) is 0 Å². The highest BCUT2D eigenvalue weighted by Gasteiger charge is 2.26. The van der Waals surface area contributed by atoms with Crippen molar-refractivity contribution in [3.8, 4) is 0 Å². The van der Waals surface area contributed by atoms with Crippen molar-refractivity contribution in [3.05, 3.63) is 12.2 Å². The summed E-state index contributed by atoms with van der Waals surface area (Å²) in [6.45, 7) is 5.82. The van der Waals surface area contributed by atoms with Crippen LogP contribution in [0.2, 0.25) is 0 Å². The maximum absolute atomic E-state index is 11.3. The summed E-state index contributed by atoms with van der Waals surface area (Å²) in [6.07, 6.45) is 1.69. The van der Waals surface area contributed by atoms with E-state index in [0.29, 0.717) is 0 Å². The Kier molecular flexibility index (Phi) is 7.20. The molecule has 0 spiro atoms. The molecule has 0 aliphatic rings. The summed E-state index contributed by atoms with van der Waals surface area (Å²) in [6, 6.07) is 0. The van der Waals surface area contributed by atoms with Crippen LogP contribution in [0.25, 0.3) is 0 Å². The molecule has 20 heavy (non-hydrogen) atoms. The Morgan fingerprint density at radius 1 is 0.950 bits per heavy atom. The van der Waals surface area contributed by atoms with Crippen molar-refractivity contribution in [2.24, 2.45) is 5.41 Å². The summed E-state index contributed by atoms with van der Waals surface area (Å²) < 4.78 is 13.5. The molecular formula is C13H18O7. The Morgan fingerprint density at radius 3 is 1.90 bits per heavy atom. The van der Waals surface area contributed by atoms with E-state index in [0.717, 1.165) is 12.2 Å². The molecule has 0 aromatic heterocycles. The van der Waals surface area contributed by atoms with E-state index in [2.05, 4.69) is 14.2 Å². The third-order valence-corrected chi connectivity index (χ3v) is 1.79. The standard InChI is InChI=1S/C13H18O7/c1-5-18-9(14)6-7-10(15)19-8-11(16)20-12(17)13(2,3)4/h6-7H,5,8H2,1-4H3/b7-6+. The lowest BCUT2D eigenvalue weighted by Crippen LogP contribution is -2.28. The van der Waals surface area contributed by atoms with Crippen LogP contribution in [0.3, 0.4) is 0 Å². The molecule has 0 heterocycles. The summed E-state index contributed by atoms with van der Waals surface area (Å²) in [5.74, 6) is -3.32. The number of hydrogen-bond acceptors (Lipinski definition) is 7. The normalized spacial score (nSPS) is 11.0. The van der Waals surface area contributed by atoms with Crippen molar-refractivity contribution in [1.82, 2.24) is 0 Å². The number of carbonyl (C=O) groups is 4. The monoisotopic (exact) mass is 286 g/mol. The maximum atomic E-state index is 11.3. The SMILES string of the molecule is CCOC(=O)/C=C/C(=O)OCC(=O)OC(=O)C(C)(C)C. The molecule has 0 aliphatic carbocycles. The average Bonchev–Trinajstić information content (AvgIpc) is 2.33. The topological polar surface area (TPSA) is 96.0 Å². The summed E-state index contributed by atoms with van der Waals surface area (Å²) >= 11 is 0. The molecule has 0 aromatic carbocycles. The number of esters is 4. The van der Waals surface area contributed by atoms with Gasteiger partial charge in [0.1, 0.15) is 0 Å². The van der Waals surface area contributed by atoms with Crippen molar-refractivity contribution in [2.75, 3.05) is 13.2 Å². The van der Waals surface area contributed by atoms with E-state index in [1.54, 1.807) is 27.7 Å². The highest BCUT2D eigenvalue weighted by Crippen LogP contribution is 2.14. The van der Waals surface area contributed by atoms with Crippen LogP contribution in [0, 0.1) is 5.41 Å². The molecular weight excluding hydrogens is 268 g/mol. The molecule has 0 saturated heterocycles.